The fraction of sp³-hybridized carbons (Fsp3) is 0.424. The second-order valence-electron chi connectivity index (χ2n) is 11.8. The van der Waals surface area contributed by atoms with E-state index < -0.39 is 53.2 Å². The van der Waals surface area contributed by atoms with Crippen LogP contribution in [0, 0.1) is 23.3 Å². The predicted octanol–water partition coefficient (Wildman–Crippen LogP) is 6.51. The Balaban J connectivity index is 1.48. The van der Waals surface area contributed by atoms with Crippen LogP contribution < -0.4 is 0 Å². The monoisotopic (exact) mass is 616 g/mol. The van der Waals surface area contributed by atoms with Gasteiger partial charge in [-0.1, -0.05) is 12.1 Å². The fourth-order valence-electron chi connectivity index (χ4n) is 5.23. The van der Waals surface area contributed by atoms with Gasteiger partial charge < -0.3 is 14.2 Å². The van der Waals surface area contributed by atoms with Gasteiger partial charge in [-0.05, 0) is 80.1 Å². The van der Waals surface area contributed by atoms with E-state index in [1.807, 2.05) is 0 Å². The number of hydrogen-bond acceptors (Lipinski definition) is 6. The number of hydrogen-bond donors (Lipinski definition) is 0. The van der Waals surface area contributed by atoms with Crippen molar-refractivity contribution in [1.82, 2.24) is 9.88 Å². The minimum Gasteiger partial charge on any atom is -0.444 e. The van der Waals surface area contributed by atoms with Crippen LogP contribution in [0.1, 0.15) is 61.8 Å². The number of halogens is 4. The van der Waals surface area contributed by atoms with Crippen molar-refractivity contribution in [3.05, 3.63) is 100 Å². The molecule has 0 N–H and O–H groups in total. The first-order chi connectivity index (χ1) is 20.8. The third-order valence-electron chi connectivity index (χ3n) is 7.31. The molecule has 0 radical (unpaired) electrons. The van der Waals surface area contributed by atoms with Gasteiger partial charge in [-0.3, -0.25) is 14.7 Å². The van der Waals surface area contributed by atoms with Crippen LogP contribution in [0.4, 0.5) is 22.4 Å². The maximum atomic E-state index is 15.0. The quantitative estimate of drug-likeness (QED) is 0.242. The molecule has 0 aliphatic carbocycles. The van der Waals surface area contributed by atoms with E-state index in [-0.39, 0.29) is 49.3 Å². The van der Waals surface area contributed by atoms with Crippen molar-refractivity contribution in [2.45, 2.75) is 70.3 Å². The van der Waals surface area contributed by atoms with E-state index in [4.69, 9.17) is 14.2 Å². The van der Waals surface area contributed by atoms with Crippen LogP contribution >= 0.6 is 0 Å². The molecule has 2 aromatic carbocycles. The topological polar surface area (TPSA) is 78.0 Å². The molecule has 7 nitrogen and oxygen atoms in total. The molecular formula is C33H36F4N2O5. The van der Waals surface area contributed by atoms with Crippen LogP contribution in [0.25, 0.3) is 0 Å². The summed E-state index contributed by atoms with van der Waals surface area (Å²) in [5, 5.41) is 0. The summed E-state index contributed by atoms with van der Waals surface area (Å²) in [6, 6.07) is 8.35. The summed E-state index contributed by atoms with van der Waals surface area (Å²) in [6.07, 6.45) is 1.03. The highest BCUT2D eigenvalue weighted by molar-refractivity contribution is 5.82. The molecular weight excluding hydrogens is 580 g/mol. The molecule has 3 aromatic rings. The number of pyridine rings is 1. The van der Waals surface area contributed by atoms with Crippen LogP contribution in [-0.4, -0.2) is 60.0 Å². The van der Waals surface area contributed by atoms with Crippen molar-refractivity contribution in [3.8, 4) is 0 Å². The van der Waals surface area contributed by atoms with Crippen molar-refractivity contribution in [2.24, 2.45) is 0 Å². The van der Waals surface area contributed by atoms with E-state index in [1.54, 1.807) is 20.8 Å². The largest absolute Gasteiger partial charge is 0.444 e. The Labute approximate surface area is 254 Å². The first kappa shape index (κ1) is 33.1. The van der Waals surface area contributed by atoms with Gasteiger partial charge in [0, 0.05) is 38.1 Å². The van der Waals surface area contributed by atoms with Gasteiger partial charge in [0.1, 0.15) is 34.7 Å². The van der Waals surface area contributed by atoms with E-state index in [9.17, 15) is 22.8 Å². The lowest BCUT2D eigenvalue weighted by molar-refractivity contribution is -0.149. The maximum absolute atomic E-state index is 15.0. The van der Waals surface area contributed by atoms with E-state index in [0.717, 1.165) is 24.4 Å². The number of benzene rings is 2. The molecule has 1 saturated heterocycles. The molecule has 1 amide bonds. The Morgan fingerprint density at radius 1 is 1.00 bits per heavy atom. The number of nitrogens with zero attached hydrogens (tertiary/aromatic N) is 2. The lowest BCUT2D eigenvalue weighted by Crippen LogP contribution is -2.54. The zero-order valence-electron chi connectivity index (χ0n) is 25.1. The van der Waals surface area contributed by atoms with Crippen molar-refractivity contribution in [3.63, 3.8) is 0 Å². The molecule has 4 rings (SSSR count). The number of amides is 1. The molecule has 0 saturated carbocycles. The summed E-state index contributed by atoms with van der Waals surface area (Å²) < 4.78 is 73.6. The van der Waals surface area contributed by atoms with Crippen LogP contribution in [-0.2, 0) is 31.8 Å². The number of Topliss-reactive ketones (excluding diaryl/α,β-unsaturated/α-hetero) is 1. The summed E-state index contributed by atoms with van der Waals surface area (Å²) in [5.41, 5.74) is 0.667. The van der Waals surface area contributed by atoms with Gasteiger partial charge >= 0.3 is 6.09 Å². The molecule has 236 valence electrons. The van der Waals surface area contributed by atoms with Crippen LogP contribution in [0.3, 0.4) is 0 Å². The Bertz CT molecular complexity index is 1440. The number of aromatic nitrogens is 1. The van der Waals surface area contributed by atoms with E-state index in [0.29, 0.717) is 17.5 Å². The van der Waals surface area contributed by atoms with Gasteiger partial charge in [-0.25, -0.2) is 22.4 Å². The molecule has 1 aromatic heterocycles. The van der Waals surface area contributed by atoms with Gasteiger partial charge in [0.05, 0.1) is 25.5 Å². The minimum absolute atomic E-state index is 0.107. The number of methoxy groups -OCH3 is 1. The highest BCUT2D eigenvalue weighted by Gasteiger charge is 2.35. The fourth-order valence-corrected chi connectivity index (χ4v) is 5.23. The third-order valence-corrected chi connectivity index (χ3v) is 7.31. The molecule has 0 bridgehead atoms. The average molecular weight is 617 g/mol. The van der Waals surface area contributed by atoms with Gasteiger partial charge in [-0.15, -0.1) is 0 Å². The van der Waals surface area contributed by atoms with Crippen molar-refractivity contribution in [2.75, 3.05) is 20.3 Å². The SMILES string of the molecule is CO[C@@H]1CO[C@H](CCc2c(F)cncc2CC(=O)C[C@@H](c2ccc(F)cc2)c2cc(F)cc(F)c2)CN1C(=O)OC(C)(C)C. The second kappa shape index (κ2) is 14.3. The summed E-state index contributed by atoms with van der Waals surface area (Å²) in [6.45, 7) is 5.56. The van der Waals surface area contributed by atoms with Gasteiger partial charge in [0.2, 0.25) is 0 Å². The summed E-state index contributed by atoms with van der Waals surface area (Å²) >= 11 is 0. The smallest absolute Gasteiger partial charge is 0.412 e. The Morgan fingerprint density at radius 3 is 2.32 bits per heavy atom. The van der Waals surface area contributed by atoms with Gasteiger partial charge in [0.25, 0.3) is 0 Å². The van der Waals surface area contributed by atoms with Gasteiger partial charge in [-0.2, -0.15) is 0 Å². The first-order valence-corrected chi connectivity index (χ1v) is 14.3. The summed E-state index contributed by atoms with van der Waals surface area (Å²) in [5.74, 6) is -3.78. The Morgan fingerprint density at radius 2 is 1.68 bits per heavy atom. The number of rotatable bonds is 10. The molecule has 0 unspecified atom stereocenters. The zero-order chi connectivity index (χ0) is 32.0. The molecule has 11 heteroatoms. The van der Waals surface area contributed by atoms with E-state index >= 15 is 4.39 Å². The maximum Gasteiger partial charge on any atom is 0.412 e. The van der Waals surface area contributed by atoms with Crippen molar-refractivity contribution in [1.29, 1.82) is 0 Å². The standard InChI is InChI=1S/C33H36F4N2O5/c1-33(2,3)44-32(41)39-18-27(43-19-31(39)42-4)9-10-28-22(16-38-17-30(28)37)13-26(40)15-29(20-5-7-23(34)8-6-20)21-11-24(35)14-25(36)12-21/h5-8,11-12,14,16-17,27,29,31H,9-10,13,15,18-19H2,1-4H3/t27-,29+,31-/m1/s1. The summed E-state index contributed by atoms with van der Waals surface area (Å²) in [7, 11) is 1.47. The van der Waals surface area contributed by atoms with Crippen LogP contribution in [0.15, 0.2) is 54.9 Å². The highest BCUT2D eigenvalue weighted by Crippen LogP contribution is 2.31. The lowest BCUT2D eigenvalue weighted by Gasteiger charge is -2.39. The molecule has 0 spiro atoms. The molecule has 1 aliphatic heterocycles. The number of ether oxygens (including phenoxy) is 3. The average Bonchev–Trinajstić information content (AvgIpc) is 2.94. The molecule has 44 heavy (non-hydrogen) atoms. The molecule has 2 heterocycles. The zero-order valence-corrected chi connectivity index (χ0v) is 25.1. The number of carbonyl (C=O) groups is 2. The lowest BCUT2D eigenvalue weighted by atomic mass is 9.85. The first-order valence-electron chi connectivity index (χ1n) is 14.3. The third kappa shape index (κ3) is 8.86. The highest BCUT2D eigenvalue weighted by atomic mass is 19.1. The Hall–Kier alpha value is -3.83. The normalized spacial score (nSPS) is 17.8. The number of morpholine rings is 1. The van der Waals surface area contributed by atoms with Crippen LogP contribution in [0.5, 0.6) is 0 Å². The summed E-state index contributed by atoms with van der Waals surface area (Å²) in [4.78, 5) is 31.5. The van der Waals surface area contributed by atoms with Crippen molar-refractivity contribution < 1.29 is 41.4 Å². The predicted molar refractivity (Wildman–Crippen MR) is 154 cm³/mol. The second-order valence-corrected chi connectivity index (χ2v) is 11.8. The molecule has 3 atom stereocenters. The number of ketones is 1. The van der Waals surface area contributed by atoms with Crippen molar-refractivity contribution >= 4 is 11.9 Å². The van der Waals surface area contributed by atoms with Crippen LogP contribution in [0.2, 0.25) is 0 Å². The minimum atomic E-state index is -0.803. The van der Waals surface area contributed by atoms with E-state index in [1.165, 1.54) is 42.5 Å². The molecule has 1 aliphatic rings. The van der Waals surface area contributed by atoms with E-state index in [2.05, 4.69) is 4.98 Å². The molecule has 1 fully saturated rings. The number of carbonyl (C=O) groups excluding carboxylic acids is 2. The van der Waals surface area contributed by atoms with Gasteiger partial charge in [0.15, 0.2) is 6.23 Å². The Kier molecular flexibility index (Phi) is 10.7.